The van der Waals surface area contributed by atoms with Crippen LogP contribution in [0, 0.1) is 0 Å². The van der Waals surface area contributed by atoms with Crippen molar-refractivity contribution in [3.05, 3.63) is 120 Å². The molecule has 0 N–H and O–H groups in total. The van der Waals surface area contributed by atoms with Crippen LogP contribution in [0.3, 0.4) is 0 Å². The van der Waals surface area contributed by atoms with Gasteiger partial charge >= 0.3 is 42.4 Å². The Morgan fingerprint density at radius 3 is 1.17 bits per heavy atom. The van der Waals surface area contributed by atoms with Crippen LogP contribution in [0.25, 0.3) is 0 Å². The van der Waals surface area contributed by atoms with E-state index in [1.165, 1.54) is 49.4 Å². The van der Waals surface area contributed by atoms with Crippen molar-refractivity contribution in [3.8, 4) is 0 Å². The predicted octanol–water partition coefficient (Wildman–Crippen LogP) is 9.66. The Hall–Kier alpha value is -5.47. The highest BCUT2D eigenvalue weighted by molar-refractivity contribution is 5.85. The monoisotopic (exact) mass is 948 g/mol. The van der Waals surface area contributed by atoms with Crippen molar-refractivity contribution in [1.82, 2.24) is 0 Å². The first-order chi connectivity index (χ1) is 31.1. The predicted molar refractivity (Wildman–Crippen MR) is 215 cm³/mol. The molecule has 0 saturated carbocycles. The number of ether oxygens (including phenoxy) is 7. The summed E-state index contributed by atoms with van der Waals surface area (Å²) in [7, 11) is 1.79. The molecule has 0 saturated heterocycles. The van der Waals surface area contributed by atoms with E-state index in [1.807, 2.05) is 0 Å². The fraction of sp³-hybridized carbons (Fsp3) is 0.478. The molecule has 3 aromatic carbocycles. The lowest BCUT2D eigenvalue weighted by molar-refractivity contribution is -0.284. The zero-order chi connectivity index (χ0) is 49.0. The largest absolute Gasteiger partial charge is 0.456 e. The molecule has 1 aliphatic heterocycles. The van der Waals surface area contributed by atoms with Crippen molar-refractivity contribution in [2.24, 2.45) is 0 Å². The average Bonchev–Trinajstić information content (AvgIpc) is 3.25. The van der Waals surface area contributed by atoms with Gasteiger partial charge in [-0.15, -0.1) is 0 Å². The van der Waals surface area contributed by atoms with Gasteiger partial charge in [0.2, 0.25) is 0 Å². The lowest BCUT2D eigenvalue weighted by Gasteiger charge is -2.36. The number of hydrogen-bond acceptors (Lipinski definition) is 11. The normalized spacial score (nSPS) is 22.8. The Kier molecular flexibility index (Phi) is 18.0. The van der Waals surface area contributed by atoms with Crippen molar-refractivity contribution in [1.29, 1.82) is 0 Å². The maximum Gasteiger partial charge on any atom is 0.432 e. The number of benzene rings is 3. The van der Waals surface area contributed by atoms with Crippen LogP contribution in [0.5, 0.6) is 0 Å². The third-order valence-electron chi connectivity index (χ3n) is 11.1. The van der Waals surface area contributed by atoms with Crippen LogP contribution < -0.4 is 0 Å². The Labute approximate surface area is 374 Å². The molecule has 3 aromatic rings. The number of alkyl halides is 9. The van der Waals surface area contributed by atoms with E-state index in [0.29, 0.717) is 52.7 Å². The molecule has 0 radical (unpaired) electrons. The number of carbonyl (C=O) groups is 4. The topological polar surface area (TPSA) is 133 Å². The third kappa shape index (κ3) is 11.4. The fourth-order valence-electron chi connectivity index (χ4n) is 7.60. The van der Waals surface area contributed by atoms with Crippen LogP contribution in [-0.2, 0) is 69.1 Å². The molecule has 0 bridgehead atoms. The van der Waals surface area contributed by atoms with E-state index in [2.05, 4.69) is 0 Å². The van der Waals surface area contributed by atoms with E-state index >= 15 is 26.3 Å². The summed E-state index contributed by atoms with van der Waals surface area (Å²) in [6.45, 7) is 1.18. The summed E-state index contributed by atoms with van der Waals surface area (Å²) in [5, 5.41) is 0. The average molecular weight is 949 g/mol. The van der Waals surface area contributed by atoms with Gasteiger partial charge in [-0.25, -0.2) is 19.2 Å². The maximum atomic E-state index is 15.1. The number of esters is 4. The van der Waals surface area contributed by atoms with E-state index in [4.69, 9.17) is 33.2 Å². The second-order valence-electron chi connectivity index (χ2n) is 15.2. The highest BCUT2D eigenvalue weighted by Crippen LogP contribution is 2.46. The summed E-state index contributed by atoms with van der Waals surface area (Å²) in [6.07, 6.45) is -21.6. The van der Waals surface area contributed by atoms with Gasteiger partial charge < -0.3 is 33.2 Å². The van der Waals surface area contributed by atoms with Crippen molar-refractivity contribution < 1.29 is 91.8 Å². The number of halogens is 9. The molecule has 0 aliphatic carbocycles. The zero-order valence-electron chi connectivity index (χ0n) is 36.2. The lowest BCUT2D eigenvalue weighted by Crippen LogP contribution is -2.55. The van der Waals surface area contributed by atoms with Crippen LogP contribution >= 0.6 is 0 Å². The Morgan fingerprint density at radius 1 is 0.500 bits per heavy atom. The molecule has 1 heterocycles. The van der Waals surface area contributed by atoms with Crippen LogP contribution in [0.2, 0.25) is 0 Å². The van der Waals surface area contributed by atoms with Crippen molar-refractivity contribution in [3.63, 3.8) is 0 Å². The van der Waals surface area contributed by atoms with Crippen LogP contribution in [0.1, 0.15) is 75.0 Å². The first kappa shape index (κ1) is 53.1. The van der Waals surface area contributed by atoms with Gasteiger partial charge in [0.05, 0.1) is 0 Å². The van der Waals surface area contributed by atoms with Gasteiger partial charge in [-0.2, -0.15) is 39.5 Å². The smallest absolute Gasteiger partial charge is 0.432 e. The minimum Gasteiger partial charge on any atom is -0.456 e. The minimum atomic E-state index is -5.56. The number of rotatable bonds is 12. The number of cyclic esters (lactones) is 1. The number of hydrogen-bond donors (Lipinski definition) is 0. The molecule has 0 spiro atoms. The first-order valence-electron chi connectivity index (χ1n) is 20.6. The van der Waals surface area contributed by atoms with Gasteiger partial charge in [-0.05, 0) is 38.7 Å². The zero-order valence-corrected chi connectivity index (χ0v) is 36.2. The molecular weight excluding hydrogens is 899 g/mol. The molecule has 66 heavy (non-hydrogen) atoms. The van der Waals surface area contributed by atoms with Gasteiger partial charge in [0.15, 0.2) is 6.10 Å². The summed E-state index contributed by atoms with van der Waals surface area (Å²) < 4.78 is 171. The molecule has 4 rings (SSSR count). The van der Waals surface area contributed by atoms with Gasteiger partial charge in [0, 0.05) is 44.1 Å². The number of carbonyl (C=O) groups excluding carboxylic acids is 4. The Balaban J connectivity index is 1.81. The standard InChI is InChI=1S/C46H49F9O11/c1-30-34(64-38(57)41(60-2,44(47,48)49)31-20-12-9-13-21-31)26-18-7-5-6-8-19-27-35(65-39(58)42(61-3,45(50,51)52)32-22-14-10-15-23-32)36(28-29-37(56)63-30)66-40(59)43(62-4,46(53,54)55)33-24-16-11-17-25-33/h9-17,20-25,28-30,34-36H,5-8,18-19,26-27H2,1-4H3/b29-28-/t30-,34+,35+,36-,41?,42?,43?/m1/s1. The van der Waals surface area contributed by atoms with E-state index in [9.17, 15) is 32.3 Å². The van der Waals surface area contributed by atoms with Crippen molar-refractivity contribution in [2.75, 3.05) is 21.3 Å². The van der Waals surface area contributed by atoms with Crippen molar-refractivity contribution >= 4 is 23.9 Å². The van der Waals surface area contributed by atoms with E-state index in [0.717, 1.165) is 48.5 Å². The quantitative estimate of drug-likeness (QED) is 0.0977. The van der Waals surface area contributed by atoms with Gasteiger partial charge in [0.25, 0.3) is 16.8 Å². The van der Waals surface area contributed by atoms with Gasteiger partial charge in [-0.3, -0.25) is 0 Å². The molecule has 0 fully saturated rings. The van der Waals surface area contributed by atoms with Crippen molar-refractivity contribution in [2.45, 2.75) is 118 Å². The van der Waals surface area contributed by atoms with Crippen LogP contribution in [0.15, 0.2) is 103 Å². The molecular formula is C46H49F9O11. The highest BCUT2D eigenvalue weighted by Gasteiger charge is 2.67. The number of methoxy groups -OCH3 is 3. The summed E-state index contributed by atoms with van der Waals surface area (Å²) in [6, 6.07) is 16.9. The molecule has 3 unspecified atom stereocenters. The molecule has 20 heteroatoms. The molecule has 7 atom stereocenters. The minimum absolute atomic E-state index is 0.00228. The molecule has 362 valence electrons. The fourth-order valence-corrected chi connectivity index (χ4v) is 7.60. The second kappa shape index (κ2) is 22.3. The molecule has 0 aromatic heterocycles. The Morgan fingerprint density at radius 2 is 0.818 bits per heavy atom. The SMILES string of the molecule is COC(C(=O)O[C@H]1CCCCCCCC[C@H](OC(=O)C(OC)(c2ccccc2)C(F)(F)F)[C@H](OC(=O)C(OC)(c2ccccc2)C(F)(F)F)/C=C\C(=O)O[C@@H]1C)(c1ccccc1)C(F)(F)F. The van der Waals surface area contributed by atoms with E-state index in [-0.39, 0.29) is 25.7 Å². The highest BCUT2D eigenvalue weighted by atomic mass is 19.4. The third-order valence-corrected chi connectivity index (χ3v) is 11.1. The van der Waals surface area contributed by atoms with E-state index < -0.39 is 107 Å². The second-order valence-corrected chi connectivity index (χ2v) is 15.2. The molecule has 0 amide bonds. The van der Waals surface area contributed by atoms with E-state index in [1.54, 1.807) is 0 Å². The molecule has 11 nitrogen and oxygen atoms in total. The Bertz CT molecular complexity index is 2080. The van der Waals surface area contributed by atoms with Crippen LogP contribution in [0.4, 0.5) is 39.5 Å². The van der Waals surface area contributed by atoms with Gasteiger partial charge in [0.1, 0.15) is 18.3 Å². The summed E-state index contributed by atoms with van der Waals surface area (Å²) in [5.41, 5.74) is -13.4. The summed E-state index contributed by atoms with van der Waals surface area (Å²) in [5.74, 6) is -7.56. The summed E-state index contributed by atoms with van der Waals surface area (Å²) >= 11 is 0. The molecule has 1 aliphatic rings. The summed E-state index contributed by atoms with van der Waals surface area (Å²) in [4.78, 5) is 55.1. The first-order valence-corrected chi connectivity index (χ1v) is 20.6. The van der Waals surface area contributed by atoms with Gasteiger partial charge in [-0.1, -0.05) is 117 Å². The lowest BCUT2D eigenvalue weighted by atomic mass is 9.92. The maximum absolute atomic E-state index is 15.1. The van der Waals surface area contributed by atoms with Crippen LogP contribution in [-0.4, -0.2) is 88.2 Å².